The van der Waals surface area contributed by atoms with Crippen LogP contribution < -0.4 is 5.11 Å². The number of hydrogen-bond donors (Lipinski definition) is 0. The molecule has 0 aliphatic carbocycles. The summed E-state index contributed by atoms with van der Waals surface area (Å²) in [6.45, 7) is 4.56. The second-order valence-corrected chi connectivity index (χ2v) is 17.0. The molecule has 9 heteroatoms. The molecule has 0 amide bonds. The lowest BCUT2D eigenvalue weighted by atomic mass is 10.1. The molecule has 0 radical (unpaired) electrons. The van der Waals surface area contributed by atoms with E-state index in [2.05, 4.69) is 86.8 Å². The van der Waals surface area contributed by atoms with E-state index in [0.717, 1.165) is 96.3 Å². The minimum atomic E-state index is -1.63. The van der Waals surface area contributed by atoms with Gasteiger partial charge in [0, 0.05) is 12.8 Å². The van der Waals surface area contributed by atoms with Gasteiger partial charge in [-0.05, 0) is 83.5 Å². The van der Waals surface area contributed by atoms with Gasteiger partial charge in [0.15, 0.2) is 12.4 Å². The molecule has 61 heavy (non-hydrogen) atoms. The van der Waals surface area contributed by atoms with E-state index in [-0.39, 0.29) is 38.6 Å². The normalized spacial score (nSPS) is 13.5. The summed E-state index contributed by atoms with van der Waals surface area (Å²) in [5.74, 6) is -2.32. The molecular weight excluding hydrogens is 767 g/mol. The summed E-state index contributed by atoms with van der Waals surface area (Å²) in [4.78, 5) is 37.1. The van der Waals surface area contributed by atoms with E-state index in [1.54, 1.807) is 0 Å². The molecule has 0 aromatic rings. The first kappa shape index (κ1) is 57.7. The lowest BCUT2D eigenvalue weighted by Crippen LogP contribution is -2.44. The molecule has 2 atom stereocenters. The van der Waals surface area contributed by atoms with Crippen molar-refractivity contribution in [2.75, 3.05) is 47.5 Å². The van der Waals surface area contributed by atoms with Gasteiger partial charge >= 0.3 is 11.9 Å². The highest BCUT2D eigenvalue weighted by Gasteiger charge is 2.21. The zero-order valence-electron chi connectivity index (χ0n) is 39.5. The number of ether oxygens (including phenoxy) is 4. The van der Waals surface area contributed by atoms with E-state index in [1.165, 1.54) is 51.4 Å². The van der Waals surface area contributed by atoms with E-state index >= 15 is 0 Å². The van der Waals surface area contributed by atoms with Gasteiger partial charge in [-0.1, -0.05) is 157 Å². The molecular formula is C52H89NO8. The van der Waals surface area contributed by atoms with Crippen LogP contribution in [-0.4, -0.2) is 82.3 Å². The number of carbonyl (C=O) groups excluding carboxylic acids is 3. The monoisotopic (exact) mass is 856 g/mol. The Morgan fingerprint density at radius 2 is 0.934 bits per heavy atom. The number of aliphatic carboxylic acids is 1. The van der Waals surface area contributed by atoms with Gasteiger partial charge in [0.2, 0.25) is 0 Å². The molecule has 0 aliphatic rings. The highest BCUT2D eigenvalue weighted by molar-refractivity contribution is 5.70. The molecule has 0 heterocycles. The van der Waals surface area contributed by atoms with Crippen LogP contribution >= 0.6 is 0 Å². The summed E-state index contributed by atoms with van der Waals surface area (Å²) >= 11 is 0. The van der Waals surface area contributed by atoms with Crippen LogP contribution in [0.4, 0.5) is 0 Å². The summed E-state index contributed by atoms with van der Waals surface area (Å²) < 4.78 is 22.6. The number of allylic oxidation sites excluding steroid dienone is 12. The number of likely N-dealkylation sites (N-methyl/N-ethyl adjacent to an activating group) is 1. The molecule has 0 fully saturated rings. The first-order valence-corrected chi connectivity index (χ1v) is 24.1. The minimum Gasteiger partial charge on any atom is -0.545 e. The number of unbranched alkanes of at least 4 members (excludes halogenated alkanes) is 16. The molecule has 0 saturated heterocycles. The Hall–Kier alpha value is -3.27. The third kappa shape index (κ3) is 44.6. The smallest absolute Gasteiger partial charge is 0.306 e. The minimum absolute atomic E-state index is 0.140. The maximum Gasteiger partial charge on any atom is 0.306 e. The number of carboxylic acids is 1. The van der Waals surface area contributed by atoms with Crippen LogP contribution in [0.3, 0.4) is 0 Å². The molecule has 9 nitrogen and oxygen atoms in total. The fourth-order valence-electron chi connectivity index (χ4n) is 6.20. The number of carbonyl (C=O) groups is 3. The quantitative estimate of drug-likeness (QED) is 0.0196. The molecule has 0 aromatic carbocycles. The number of carboxylic acid groups (broad SMARTS) is 1. The van der Waals surface area contributed by atoms with E-state index in [1.807, 2.05) is 21.1 Å². The van der Waals surface area contributed by atoms with Crippen molar-refractivity contribution in [3.8, 4) is 0 Å². The van der Waals surface area contributed by atoms with Gasteiger partial charge < -0.3 is 33.3 Å². The van der Waals surface area contributed by atoms with Gasteiger partial charge in [0.25, 0.3) is 0 Å². The Morgan fingerprint density at radius 3 is 1.39 bits per heavy atom. The molecule has 0 aliphatic heterocycles. The zero-order valence-corrected chi connectivity index (χ0v) is 39.5. The number of quaternary nitrogens is 1. The van der Waals surface area contributed by atoms with Crippen molar-refractivity contribution >= 4 is 17.9 Å². The standard InChI is InChI=1S/C52H89NO8/c1-6-8-10-12-14-16-18-20-22-23-24-25-26-27-29-31-33-35-37-39-41-43-50(55)61-48(47-60-52(51(56)57)58-45-44-53(3,4)5)46-59-49(54)42-40-38-36-34-32-30-28-21-19-17-15-13-11-9-7-2/h8,10,14-17,20-22,24-25,28,48,52H,6-7,9,11-13,18-19,23,26-27,29-47H2,1-5H3/b10-8-,16-14-,17-15-,22-20-,25-24-,28-21-. The summed E-state index contributed by atoms with van der Waals surface area (Å²) in [6.07, 6.45) is 50.7. The van der Waals surface area contributed by atoms with Crippen molar-refractivity contribution in [1.29, 1.82) is 0 Å². The fraction of sp³-hybridized carbons (Fsp3) is 0.712. The van der Waals surface area contributed by atoms with E-state index in [0.29, 0.717) is 17.4 Å². The highest BCUT2D eigenvalue weighted by atomic mass is 16.7. The topological polar surface area (TPSA) is 111 Å². The van der Waals surface area contributed by atoms with Crippen LogP contribution in [0.1, 0.15) is 181 Å². The second-order valence-electron chi connectivity index (χ2n) is 17.0. The largest absolute Gasteiger partial charge is 0.545 e. The van der Waals surface area contributed by atoms with Crippen LogP contribution in [-0.2, 0) is 33.3 Å². The molecule has 2 unspecified atom stereocenters. The molecule has 0 aromatic heterocycles. The first-order chi connectivity index (χ1) is 29.6. The predicted molar refractivity (Wildman–Crippen MR) is 251 cm³/mol. The van der Waals surface area contributed by atoms with Gasteiger partial charge in [0.05, 0.1) is 40.3 Å². The van der Waals surface area contributed by atoms with E-state index < -0.39 is 24.3 Å². The summed E-state index contributed by atoms with van der Waals surface area (Å²) in [5, 5.41) is 11.7. The van der Waals surface area contributed by atoms with Crippen molar-refractivity contribution in [2.24, 2.45) is 0 Å². The molecule has 0 saturated carbocycles. The number of nitrogens with zero attached hydrogens (tertiary/aromatic N) is 1. The van der Waals surface area contributed by atoms with E-state index in [4.69, 9.17) is 18.9 Å². The summed E-state index contributed by atoms with van der Waals surface area (Å²) in [7, 11) is 5.90. The molecule has 350 valence electrons. The Kier molecular flexibility index (Phi) is 41.1. The van der Waals surface area contributed by atoms with Crippen LogP contribution in [0, 0.1) is 0 Å². The van der Waals surface area contributed by atoms with Gasteiger partial charge in [-0.3, -0.25) is 9.59 Å². The lowest BCUT2D eigenvalue weighted by molar-refractivity contribution is -0.870. The Balaban J connectivity index is 4.42. The van der Waals surface area contributed by atoms with Crippen molar-refractivity contribution in [1.82, 2.24) is 0 Å². The zero-order chi connectivity index (χ0) is 44.9. The van der Waals surface area contributed by atoms with Crippen LogP contribution in [0.15, 0.2) is 72.9 Å². The summed E-state index contributed by atoms with van der Waals surface area (Å²) in [6, 6.07) is 0. The fourth-order valence-corrected chi connectivity index (χ4v) is 6.20. The first-order valence-electron chi connectivity index (χ1n) is 24.1. The average molecular weight is 856 g/mol. The van der Waals surface area contributed by atoms with Crippen LogP contribution in [0.5, 0.6) is 0 Å². The van der Waals surface area contributed by atoms with Gasteiger partial charge in [0.1, 0.15) is 13.2 Å². The summed E-state index contributed by atoms with van der Waals surface area (Å²) in [5.41, 5.74) is 0. The van der Waals surface area contributed by atoms with Crippen molar-refractivity contribution in [2.45, 2.75) is 193 Å². The number of esters is 2. The third-order valence-electron chi connectivity index (χ3n) is 9.94. The Morgan fingerprint density at radius 1 is 0.508 bits per heavy atom. The Bertz CT molecular complexity index is 1230. The Labute approximate surface area is 373 Å². The molecule has 0 rings (SSSR count). The maximum atomic E-state index is 12.8. The van der Waals surface area contributed by atoms with Crippen LogP contribution in [0.2, 0.25) is 0 Å². The number of hydrogen-bond acceptors (Lipinski definition) is 8. The highest BCUT2D eigenvalue weighted by Crippen LogP contribution is 2.13. The van der Waals surface area contributed by atoms with Crippen molar-refractivity contribution in [3.05, 3.63) is 72.9 Å². The average Bonchev–Trinajstić information content (AvgIpc) is 3.22. The number of rotatable bonds is 43. The molecule has 0 N–H and O–H groups in total. The predicted octanol–water partition coefficient (Wildman–Crippen LogP) is 11.8. The van der Waals surface area contributed by atoms with Crippen LogP contribution in [0.25, 0.3) is 0 Å². The second kappa shape index (κ2) is 43.4. The van der Waals surface area contributed by atoms with Gasteiger partial charge in [-0.15, -0.1) is 0 Å². The van der Waals surface area contributed by atoms with Crippen molar-refractivity contribution in [3.63, 3.8) is 0 Å². The van der Waals surface area contributed by atoms with Crippen molar-refractivity contribution < 1.29 is 42.9 Å². The molecule has 0 spiro atoms. The van der Waals surface area contributed by atoms with Gasteiger partial charge in [-0.25, -0.2) is 0 Å². The van der Waals surface area contributed by atoms with E-state index in [9.17, 15) is 19.5 Å². The SMILES string of the molecule is CC/C=C\C/C=C\C/C=C\C/C=C\CCCCCCCCCCC(=O)OC(COC(=O)CCCCCCC/C=C\C/C=C\CCCCC)COC(OCC[N+](C)(C)C)C(=O)[O-]. The maximum absolute atomic E-state index is 12.8. The van der Waals surface area contributed by atoms with Gasteiger partial charge in [-0.2, -0.15) is 0 Å². The lowest BCUT2D eigenvalue weighted by Gasteiger charge is -2.26. The molecule has 0 bridgehead atoms. The third-order valence-corrected chi connectivity index (χ3v) is 9.94.